The number of methoxy groups -OCH3 is 3. The highest BCUT2D eigenvalue weighted by Gasteiger charge is 2.36. The van der Waals surface area contributed by atoms with Crippen LogP contribution in [0, 0.1) is 5.41 Å². The monoisotopic (exact) mass is 414 g/mol. The Morgan fingerprint density at radius 2 is 1.70 bits per heavy atom. The molecule has 3 rings (SSSR count). The van der Waals surface area contributed by atoms with Gasteiger partial charge in [-0.25, -0.2) is 0 Å². The number of carbonyl (C=O) groups excluding carboxylic acids is 2. The Hall–Kier alpha value is -3.42. The molecular formula is C22H26N2O6. The lowest BCUT2D eigenvalue weighted by atomic mass is 9.93. The second kappa shape index (κ2) is 8.14. The van der Waals surface area contributed by atoms with Gasteiger partial charge >= 0.3 is 0 Å². The molecule has 30 heavy (non-hydrogen) atoms. The highest BCUT2D eigenvalue weighted by Crippen LogP contribution is 2.39. The lowest BCUT2D eigenvalue weighted by Crippen LogP contribution is -2.39. The number of hydrogen-bond acceptors (Lipinski definition) is 6. The smallest absolute Gasteiger partial charge is 0.255 e. The van der Waals surface area contributed by atoms with Gasteiger partial charge in [0, 0.05) is 18.3 Å². The highest BCUT2D eigenvalue weighted by molar-refractivity contribution is 6.06. The average Bonchev–Trinajstić information content (AvgIpc) is 2.83. The van der Waals surface area contributed by atoms with Gasteiger partial charge in [-0.3, -0.25) is 9.59 Å². The van der Waals surface area contributed by atoms with E-state index in [-0.39, 0.29) is 18.4 Å². The summed E-state index contributed by atoms with van der Waals surface area (Å²) in [6.45, 7) is 3.95. The number of hydrogen-bond donors (Lipinski definition) is 1. The summed E-state index contributed by atoms with van der Waals surface area (Å²) in [4.78, 5) is 27.1. The van der Waals surface area contributed by atoms with Crippen molar-refractivity contribution in [2.24, 2.45) is 5.41 Å². The van der Waals surface area contributed by atoms with E-state index < -0.39 is 5.41 Å². The van der Waals surface area contributed by atoms with E-state index in [1.54, 1.807) is 42.3 Å². The third-order valence-electron chi connectivity index (χ3n) is 4.98. The van der Waals surface area contributed by atoms with Crippen molar-refractivity contribution in [1.82, 2.24) is 0 Å². The van der Waals surface area contributed by atoms with Gasteiger partial charge in [-0.2, -0.15) is 0 Å². The molecule has 0 saturated carbocycles. The number of fused-ring (bicyclic) bond motifs is 1. The van der Waals surface area contributed by atoms with Crippen molar-refractivity contribution >= 4 is 23.2 Å². The van der Waals surface area contributed by atoms with E-state index in [2.05, 4.69) is 5.32 Å². The van der Waals surface area contributed by atoms with Crippen LogP contribution in [0.2, 0.25) is 0 Å². The van der Waals surface area contributed by atoms with Crippen molar-refractivity contribution < 1.29 is 28.5 Å². The Balaban J connectivity index is 1.91. The van der Waals surface area contributed by atoms with E-state index in [1.165, 1.54) is 21.3 Å². The lowest BCUT2D eigenvalue weighted by Gasteiger charge is -2.24. The number of ether oxygens (including phenoxy) is 4. The Bertz CT molecular complexity index is 961. The Morgan fingerprint density at radius 3 is 2.27 bits per heavy atom. The number of nitrogens with zero attached hydrogens (tertiary/aromatic N) is 1. The molecule has 0 bridgehead atoms. The lowest BCUT2D eigenvalue weighted by molar-refractivity contribution is -0.127. The molecule has 8 nitrogen and oxygen atoms in total. The van der Waals surface area contributed by atoms with Gasteiger partial charge in [0.1, 0.15) is 12.4 Å². The fraction of sp³-hybridized carbons (Fsp3) is 0.364. The van der Waals surface area contributed by atoms with Gasteiger partial charge in [-0.1, -0.05) is 0 Å². The predicted octanol–water partition coefficient (Wildman–Crippen LogP) is 3.35. The summed E-state index contributed by atoms with van der Waals surface area (Å²) in [6, 6.07) is 8.32. The van der Waals surface area contributed by atoms with Gasteiger partial charge in [0.25, 0.3) is 5.91 Å². The van der Waals surface area contributed by atoms with Crippen LogP contribution in [0.3, 0.4) is 0 Å². The molecule has 1 aliphatic rings. The van der Waals surface area contributed by atoms with Crippen molar-refractivity contribution in [3.63, 3.8) is 0 Å². The van der Waals surface area contributed by atoms with Gasteiger partial charge < -0.3 is 29.2 Å². The zero-order valence-corrected chi connectivity index (χ0v) is 18.0. The Morgan fingerprint density at radius 1 is 1.07 bits per heavy atom. The van der Waals surface area contributed by atoms with Gasteiger partial charge in [-0.05, 0) is 44.2 Å². The zero-order chi connectivity index (χ0) is 22.1. The molecule has 1 heterocycles. The summed E-state index contributed by atoms with van der Waals surface area (Å²) in [6.07, 6.45) is 0. The second-order valence-corrected chi connectivity index (χ2v) is 7.59. The fourth-order valence-corrected chi connectivity index (χ4v) is 3.28. The number of benzene rings is 2. The van der Waals surface area contributed by atoms with Crippen molar-refractivity contribution in [1.29, 1.82) is 0 Å². The summed E-state index contributed by atoms with van der Waals surface area (Å²) in [5, 5.41) is 2.84. The van der Waals surface area contributed by atoms with Crippen molar-refractivity contribution in [2.45, 2.75) is 13.8 Å². The normalized spacial score (nSPS) is 14.9. The van der Waals surface area contributed by atoms with Crippen LogP contribution in [-0.2, 0) is 4.79 Å². The molecule has 0 aromatic heterocycles. The van der Waals surface area contributed by atoms with Crippen LogP contribution in [-0.4, -0.2) is 46.8 Å². The van der Waals surface area contributed by atoms with E-state index in [0.717, 1.165) is 0 Å². The largest absolute Gasteiger partial charge is 0.493 e. The van der Waals surface area contributed by atoms with E-state index in [1.807, 2.05) is 13.8 Å². The van der Waals surface area contributed by atoms with Crippen LogP contribution in [0.5, 0.6) is 23.0 Å². The number of rotatable bonds is 5. The minimum absolute atomic E-state index is 0.0608. The first-order valence-corrected chi connectivity index (χ1v) is 9.38. The van der Waals surface area contributed by atoms with E-state index in [4.69, 9.17) is 18.9 Å². The molecule has 0 unspecified atom stereocenters. The Labute approximate surface area is 175 Å². The molecule has 0 atom stereocenters. The molecule has 2 aromatic carbocycles. The van der Waals surface area contributed by atoms with Crippen LogP contribution in [0.1, 0.15) is 24.2 Å². The number of amides is 2. The number of carbonyl (C=O) groups is 2. The van der Waals surface area contributed by atoms with Crippen LogP contribution < -0.4 is 29.2 Å². The quantitative estimate of drug-likeness (QED) is 0.808. The molecule has 160 valence electrons. The number of anilines is 2. The first kappa shape index (κ1) is 21.3. The maximum absolute atomic E-state index is 12.9. The molecule has 8 heteroatoms. The first-order chi connectivity index (χ1) is 14.2. The van der Waals surface area contributed by atoms with Crippen LogP contribution in [0.15, 0.2) is 30.3 Å². The molecule has 0 radical (unpaired) electrons. The maximum atomic E-state index is 12.9. The maximum Gasteiger partial charge on any atom is 0.255 e. The molecule has 0 spiro atoms. The minimum atomic E-state index is -0.645. The van der Waals surface area contributed by atoms with Crippen LogP contribution in [0.25, 0.3) is 0 Å². The second-order valence-electron chi connectivity index (χ2n) is 7.59. The van der Waals surface area contributed by atoms with Gasteiger partial charge in [-0.15, -0.1) is 0 Å². The third kappa shape index (κ3) is 3.85. The van der Waals surface area contributed by atoms with Crippen molar-refractivity contribution in [3.8, 4) is 23.0 Å². The summed E-state index contributed by atoms with van der Waals surface area (Å²) in [5.74, 6) is 1.32. The first-order valence-electron chi connectivity index (χ1n) is 9.38. The molecule has 2 aromatic rings. The molecule has 0 aliphatic carbocycles. The van der Waals surface area contributed by atoms with Gasteiger partial charge in [0.2, 0.25) is 11.7 Å². The molecule has 0 saturated heterocycles. The average molecular weight is 414 g/mol. The topological polar surface area (TPSA) is 86.3 Å². The molecule has 0 fully saturated rings. The molecule has 2 amide bonds. The minimum Gasteiger partial charge on any atom is -0.493 e. The summed E-state index contributed by atoms with van der Waals surface area (Å²) >= 11 is 0. The van der Waals surface area contributed by atoms with E-state index in [0.29, 0.717) is 39.9 Å². The highest BCUT2D eigenvalue weighted by atomic mass is 16.5. The van der Waals surface area contributed by atoms with Crippen LogP contribution in [0.4, 0.5) is 11.4 Å². The summed E-state index contributed by atoms with van der Waals surface area (Å²) in [7, 11) is 6.17. The molecular weight excluding hydrogens is 388 g/mol. The standard InChI is InChI=1S/C22H26N2O6/c1-22(2)12-30-16-8-7-14(11-15(16)24(3)21(22)26)23-20(25)13-9-17(27-4)19(29-6)18(10-13)28-5/h7-11H,12H2,1-6H3,(H,23,25). The zero-order valence-electron chi connectivity index (χ0n) is 18.0. The van der Waals surface area contributed by atoms with E-state index in [9.17, 15) is 9.59 Å². The SMILES string of the molecule is COc1cc(C(=O)Nc2ccc3c(c2)N(C)C(=O)C(C)(C)CO3)cc(OC)c1OC. The van der Waals surface area contributed by atoms with Gasteiger partial charge in [0.05, 0.1) is 32.4 Å². The summed E-state index contributed by atoms with van der Waals surface area (Å²) < 4.78 is 21.7. The Kier molecular flexibility index (Phi) is 5.78. The molecule has 1 aliphatic heterocycles. The van der Waals surface area contributed by atoms with Crippen molar-refractivity contribution in [3.05, 3.63) is 35.9 Å². The number of nitrogens with one attached hydrogen (secondary N) is 1. The predicted molar refractivity (Wildman–Crippen MR) is 113 cm³/mol. The van der Waals surface area contributed by atoms with Crippen molar-refractivity contribution in [2.75, 3.05) is 45.2 Å². The summed E-state index contributed by atoms with van der Waals surface area (Å²) in [5.41, 5.74) is 0.804. The van der Waals surface area contributed by atoms with Crippen LogP contribution >= 0.6 is 0 Å². The fourth-order valence-electron chi connectivity index (χ4n) is 3.28. The third-order valence-corrected chi connectivity index (χ3v) is 4.98. The van der Waals surface area contributed by atoms with E-state index >= 15 is 0 Å². The van der Waals surface area contributed by atoms with Gasteiger partial charge in [0.15, 0.2) is 11.5 Å². The molecule has 1 N–H and O–H groups in total.